The normalized spacial score (nSPS) is 20.6. The number of hydrogen-bond donors (Lipinski definition) is 3. The number of nitrogens with one attached hydrogen (secondary N) is 2. The standard InChI is InChI=1S/C33H34N2O4S/c1-23-30(22-40-29-13-6-3-7-14-29)38-32(39-31(23)26-17-15-25(21-36)16-18-26)27-11-8-12-28(19-27)35-33(37)34-20-24-9-4-2-5-10-24/h2-19,23,30-32,36H,20-22H2,1H3,(H2,34,35,37)/t23-,30+,31+,32+/m1/s1. The molecule has 7 heteroatoms. The molecule has 0 unspecified atom stereocenters. The quantitative estimate of drug-likeness (QED) is 0.193. The summed E-state index contributed by atoms with van der Waals surface area (Å²) in [5.74, 6) is 0.869. The summed E-state index contributed by atoms with van der Waals surface area (Å²) < 4.78 is 13.1. The Labute approximate surface area is 239 Å². The van der Waals surface area contributed by atoms with Crippen molar-refractivity contribution in [1.29, 1.82) is 0 Å². The third-order valence-corrected chi connectivity index (χ3v) is 8.09. The minimum atomic E-state index is -0.603. The first-order valence-electron chi connectivity index (χ1n) is 13.5. The molecule has 6 nitrogen and oxygen atoms in total. The van der Waals surface area contributed by atoms with E-state index < -0.39 is 6.29 Å². The van der Waals surface area contributed by atoms with Gasteiger partial charge in [-0.3, -0.25) is 0 Å². The number of carbonyl (C=O) groups is 1. The van der Waals surface area contributed by atoms with Crippen LogP contribution in [-0.2, 0) is 22.6 Å². The average Bonchev–Trinajstić information content (AvgIpc) is 3.01. The molecule has 0 bridgehead atoms. The zero-order valence-electron chi connectivity index (χ0n) is 22.4. The molecule has 0 aromatic heterocycles. The maximum Gasteiger partial charge on any atom is 0.319 e. The zero-order chi connectivity index (χ0) is 27.7. The second-order valence-corrected chi connectivity index (χ2v) is 11.0. The summed E-state index contributed by atoms with van der Waals surface area (Å²) in [6.07, 6.45) is -0.870. The van der Waals surface area contributed by atoms with Crippen molar-refractivity contribution in [2.45, 2.75) is 43.5 Å². The van der Waals surface area contributed by atoms with E-state index in [4.69, 9.17) is 9.47 Å². The van der Waals surface area contributed by atoms with Gasteiger partial charge in [-0.1, -0.05) is 91.9 Å². The van der Waals surface area contributed by atoms with Gasteiger partial charge in [0.25, 0.3) is 0 Å². The van der Waals surface area contributed by atoms with E-state index in [9.17, 15) is 9.90 Å². The van der Waals surface area contributed by atoms with E-state index in [1.165, 1.54) is 4.90 Å². The van der Waals surface area contributed by atoms with Gasteiger partial charge in [0, 0.05) is 34.4 Å². The van der Waals surface area contributed by atoms with Crippen LogP contribution < -0.4 is 10.6 Å². The van der Waals surface area contributed by atoms with Gasteiger partial charge < -0.3 is 25.2 Å². The maximum absolute atomic E-state index is 12.6. The first kappa shape index (κ1) is 27.9. The number of benzene rings is 4. The van der Waals surface area contributed by atoms with Crippen molar-refractivity contribution >= 4 is 23.5 Å². The van der Waals surface area contributed by atoms with Gasteiger partial charge in [-0.2, -0.15) is 0 Å². The zero-order valence-corrected chi connectivity index (χ0v) is 23.2. The molecule has 4 aromatic rings. The van der Waals surface area contributed by atoms with Gasteiger partial charge in [0.2, 0.25) is 0 Å². The Bertz CT molecular complexity index is 1370. The van der Waals surface area contributed by atoms with E-state index in [0.717, 1.165) is 28.0 Å². The van der Waals surface area contributed by atoms with E-state index >= 15 is 0 Å². The van der Waals surface area contributed by atoms with E-state index in [-0.39, 0.29) is 30.8 Å². The van der Waals surface area contributed by atoms with Crippen molar-refractivity contribution in [1.82, 2.24) is 5.32 Å². The molecule has 1 aliphatic heterocycles. The molecule has 5 rings (SSSR count). The highest BCUT2D eigenvalue weighted by molar-refractivity contribution is 7.99. The maximum atomic E-state index is 12.6. The van der Waals surface area contributed by atoms with Gasteiger partial charge in [0.1, 0.15) is 0 Å². The topological polar surface area (TPSA) is 79.8 Å². The van der Waals surface area contributed by atoms with Gasteiger partial charge in [-0.05, 0) is 41.0 Å². The largest absolute Gasteiger partial charge is 0.392 e. The Balaban J connectivity index is 1.32. The first-order valence-corrected chi connectivity index (χ1v) is 14.4. The van der Waals surface area contributed by atoms with Gasteiger partial charge in [0.05, 0.1) is 18.8 Å². The first-order chi connectivity index (χ1) is 19.6. The van der Waals surface area contributed by atoms with Crippen LogP contribution in [0.15, 0.2) is 114 Å². The summed E-state index contributed by atoms with van der Waals surface area (Å²) >= 11 is 1.77. The van der Waals surface area contributed by atoms with Crippen LogP contribution in [0.5, 0.6) is 0 Å². The molecule has 1 saturated heterocycles. The number of aliphatic hydroxyl groups excluding tert-OH is 1. The van der Waals surface area contributed by atoms with Gasteiger partial charge in [-0.25, -0.2) is 4.79 Å². The lowest BCUT2D eigenvalue weighted by molar-refractivity contribution is -0.268. The Kier molecular flexibility index (Phi) is 9.52. The van der Waals surface area contributed by atoms with Crippen LogP contribution in [0.1, 0.15) is 41.6 Å². The fraction of sp³-hybridized carbons (Fsp3) is 0.242. The van der Waals surface area contributed by atoms with E-state index in [2.05, 4.69) is 29.7 Å². The second kappa shape index (κ2) is 13.6. The highest BCUT2D eigenvalue weighted by Gasteiger charge is 2.38. The molecule has 0 saturated carbocycles. The summed E-state index contributed by atoms with van der Waals surface area (Å²) in [7, 11) is 0. The van der Waals surface area contributed by atoms with E-state index in [1.54, 1.807) is 11.8 Å². The van der Waals surface area contributed by atoms with Crippen molar-refractivity contribution < 1.29 is 19.4 Å². The Morgan fingerprint density at radius 1 is 0.825 bits per heavy atom. The summed E-state index contributed by atoms with van der Waals surface area (Å²) in [4.78, 5) is 13.8. The SMILES string of the molecule is C[C@@H]1[C@H](CSc2ccccc2)O[C@H](c2cccc(NC(=O)NCc3ccccc3)c2)O[C@@H]1c1ccc(CO)cc1. The van der Waals surface area contributed by atoms with Crippen LogP contribution in [0, 0.1) is 5.92 Å². The fourth-order valence-corrected chi connectivity index (χ4v) is 5.81. The molecule has 4 aromatic carbocycles. The predicted molar refractivity (Wildman–Crippen MR) is 159 cm³/mol. The molecule has 1 heterocycles. The van der Waals surface area contributed by atoms with Crippen LogP contribution in [0.3, 0.4) is 0 Å². The number of anilines is 1. The number of thioether (sulfide) groups is 1. The molecule has 40 heavy (non-hydrogen) atoms. The van der Waals surface area contributed by atoms with Crippen LogP contribution in [0.4, 0.5) is 10.5 Å². The highest BCUT2D eigenvalue weighted by Crippen LogP contribution is 2.43. The number of hydrogen-bond acceptors (Lipinski definition) is 5. The third-order valence-electron chi connectivity index (χ3n) is 6.99. The summed E-state index contributed by atoms with van der Waals surface area (Å²) in [5.41, 5.74) is 4.43. The minimum absolute atomic E-state index is 0.00214. The monoisotopic (exact) mass is 554 g/mol. The average molecular weight is 555 g/mol. The molecule has 0 radical (unpaired) electrons. The Morgan fingerprint density at radius 3 is 2.27 bits per heavy atom. The van der Waals surface area contributed by atoms with Crippen molar-refractivity contribution in [3.63, 3.8) is 0 Å². The lowest BCUT2D eigenvalue weighted by Gasteiger charge is -2.41. The molecule has 0 spiro atoms. The van der Waals surface area contributed by atoms with Gasteiger partial charge in [0.15, 0.2) is 6.29 Å². The van der Waals surface area contributed by atoms with Crippen LogP contribution in [-0.4, -0.2) is 23.0 Å². The van der Waals surface area contributed by atoms with Gasteiger partial charge >= 0.3 is 6.03 Å². The number of rotatable bonds is 9. The smallest absolute Gasteiger partial charge is 0.319 e. The molecule has 3 N–H and O–H groups in total. The number of carbonyl (C=O) groups excluding carboxylic acids is 1. The highest BCUT2D eigenvalue weighted by atomic mass is 32.2. The van der Waals surface area contributed by atoms with Crippen molar-refractivity contribution in [2.24, 2.45) is 5.92 Å². The van der Waals surface area contributed by atoms with Crippen LogP contribution in [0.25, 0.3) is 0 Å². The van der Waals surface area contributed by atoms with Crippen LogP contribution in [0.2, 0.25) is 0 Å². The van der Waals surface area contributed by atoms with Crippen molar-refractivity contribution in [3.8, 4) is 0 Å². The van der Waals surface area contributed by atoms with E-state index in [0.29, 0.717) is 12.2 Å². The van der Waals surface area contributed by atoms with Gasteiger partial charge in [-0.15, -0.1) is 11.8 Å². The Morgan fingerprint density at radius 2 is 1.55 bits per heavy atom. The summed E-state index contributed by atoms with van der Waals surface area (Å²) in [6, 6.07) is 35.3. The molecule has 0 aliphatic carbocycles. The molecule has 2 amide bonds. The number of ether oxygens (including phenoxy) is 2. The summed E-state index contributed by atoms with van der Waals surface area (Å²) in [6.45, 7) is 2.60. The summed E-state index contributed by atoms with van der Waals surface area (Å²) in [5, 5.41) is 15.3. The number of urea groups is 1. The molecular formula is C33H34N2O4S. The minimum Gasteiger partial charge on any atom is -0.392 e. The molecular weight excluding hydrogens is 520 g/mol. The lowest BCUT2D eigenvalue weighted by Crippen LogP contribution is -2.38. The van der Waals surface area contributed by atoms with Crippen LogP contribution >= 0.6 is 11.8 Å². The molecule has 206 valence electrons. The lowest BCUT2D eigenvalue weighted by atomic mass is 9.91. The number of amides is 2. The van der Waals surface area contributed by atoms with E-state index in [1.807, 2.05) is 97.1 Å². The molecule has 1 aliphatic rings. The molecule has 1 fully saturated rings. The van der Waals surface area contributed by atoms with Crippen molar-refractivity contribution in [3.05, 3.63) is 131 Å². The second-order valence-electron chi connectivity index (χ2n) is 9.86. The van der Waals surface area contributed by atoms with Crippen molar-refractivity contribution in [2.75, 3.05) is 11.1 Å². The predicted octanol–water partition coefficient (Wildman–Crippen LogP) is 7.08. The fourth-order valence-electron chi connectivity index (χ4n) is 4.72. The number of aliphatic hydroxyl groups is 1. The Hall–Kier alpha value is -3.62. The third kappa shape index (κ3) is 7.31. The molecule has 4 atom stereocenters.